The van der Waals surface area contributed by atoms with E-state index in [9.17, 15) is 4.79 Å². The monoisotopic (exact) mass is 189 g/mol. The number of isocyanates is 1. The number of benzene rings is 1. The van der Waals surface area contributed by atoms with Crippen LogP contribution >= 0.6 is 0 Å². The minimum absolute atomic E-state index is 0.248. The van der Waals surface area contributed by atoms with Crippen molar-refractivity contribution in [2.24, 2.45) is 4.99 Å². The number of hydrogen-bond acceptors (Lipinski definition) is 3. The van der Waals surface area contributed by atoms with Crippen LogP contribution in [0.15, 0.2) is 23.2 Å². The molecule has 1 atom stereocenters. The molecule has 3 nitrogen and oxygen atoms in total. The molecule has 0 radical (unpaired) electrons. The molecule has 0 fully saturated rings. The SMILES string of the molecule is CC1CCc2ccc(N=C=O)cc2O1. The van der Waals surface area contributed by atoms with Crippen LogP contribution in [0.2, 0.25) is 0 Å². The van der Waals surface area contributed by atoms with Crippen LogP contribution in [-0.2, 0) is 11.2 Å². The first-order valence-corrected chi connectivity index (χ1v) is 4.67. The van der Waals surface area contributed by atoms with E-state index >= 15 is 0 Å². The third-order valence-electron chi connectivity index (χ3n) is 2.37. The maximum atomic E-state index is 10.1. The van der Waals surface area contributed by atoms with E-state index in [0.717, 1.165) is 18.6 Å². The van der Waals surface area contributed by atoms with Gasteiger partial charge in [-0.3, -0.25) is 0 Å². The second kappa shape index (κ2) is 3.64. The Kier molecular flexibility index (Phi) is 2.33. The predicted octanol–water partition coefficient (Wildman–Crippen LogP) is 2.37. The van der Waals surface area contributed by atoms with Crippen LogP contribution in [0.4, 0.5) is 5.69 Å². The van der Waals surface area contributed by atoms with Gasteiger partial charge < -0.3 is 4.74 Å². The molecule has 72 valence electrons. The number of aliphatic imine (C=N–C) groups is 1. The van der Waals surface area contributed by atoms with Gasteiger partial charge in [0.1, 0.15) is 5.75 Å². The highest BCUT2D eigenvalue weighted by molar-refractivity contribution is 5.54. The van der Waals surface area contributed by atoms with Gasteiger partial charge >= 0.3 is 0 Å². The number of nitrogens with zero attached hydrogens (tertiary/aromatic N) is 1. The van der Waals surface area contributed by atoms with Crippen molar-refractivity contribution in [1.29, 1.82) is 0 Å². The standard InChI is InChI=1S/C11H11NO2/c1-8-2-3-9-4-5-10(12-7-13)6-11(9)14-8/h4-6,8H,2-3H2,1H3. The van der Waals surface area contributed by atoms with Gasteiger partial charge in [0, 0.05) is 6.07 Å². The lowest BCUT2D eigenvalue weighted by molar-refractivity contribution is 0.192. The van der Waals surface area contributed by atoms with Crippen LogP contribution in [0.3, 0.4) is 0 Å². The molecule has 0 aliphatic carbocycles. The Bertz CT molecular complexity index is 394. The Labute approximate surface area is 82.4 Å². The molecule has 1 unspecified atom stereocenters. The Balaban J connectivity index is 2.37. The van der Waals surface area contributed by atoms with E-state index in [4.69, 9.17) is 4.74 Å². The molecule has 1 aliphatic rings. The summed E-state index contributed by atoms with van der Waals surface area (Å²) in [5, 5.41) is 0. The lowest BCUT2D eigenvalue weighted by Gasteiger charge is -2.23. The molecular weight excluding hydrogens is 178 g/mol. The molecule has 0 N–H and O–H groups in total. The third-order valence-corrected chi connectivity index (χ3v) is 2.37. The quantitative estimate of drug-likeness (QED) is 0.502. The molecule has 0 spiro atoms. The summed E-state index contributed by atoms with van der Waals surface area (Å²) < 4.78 is 5.63. The molecule has 0 bridgehead atoms. The molecule has 0 saturated carbocycles. The Morgan fingerprint density at radius 2 is 2.43 bits per heavy atom. The van der Waals surface area contributed by atoms with Crippen molar-refractivity contribution in [2.45, 2.75) is 25.9 Å². The van der Waals surface area contributed by atoms with Gasteiger partial charge in [-0.15, -0.1) is 0 Å². The fourth-order valence-electron chi connectivity index (χ4n) is 1.62. The largest absolute Gasteiger partial charge is 0.490 e. The van der Waals surface area contributed by atoms with Crippen LogP contribution in [-0.4, -0.2) is 12.2 Å². The zero-order valence-electron chi connectivity index (χ0n) is 7.99. The van der Waals surface area contributed by atoms with Crippen LogP contribution in [0, 0.1) is 0 Å². The van der Waals surface area contributed by atoms with E-state index in [1.165, 1.54) is 11.6 Å². The van der Waals surface area contributed by atoms with Crippen molar-refractivity contribution >= 4 is 11.8 Å². The number of fused-ring (bicyclic) bond motifs is 1. The van der Waals surface area contributed by atoms with Gasteiger partial charge in [-0.05, 0) is 31.4 Å². The molecule has 1 aliphatic heterocycles. The first-order chi connectivity index (χ1) is 6.79. The van der Waals surface area contributed by atoms with E-state index in [-0.39, 0.29) is 6.10 Å². The fourth-order valence-corrected chi connectivity index (χ4v) is 1.62. The normalized spacial score (nSPS) is 19.1. The number of carbonyl (C=O) groups excluding carboxylic acids is 1. The summed E-state index contributed by atoms with van der Waals surface area (Å²) in [6, 6.07) is 5.55. The molecule has 2 rings (SSSR count). The molecule has 3 heteroatoms. The van der Waals surface area contributed by atoms with Gasteiger partial charge in [-0.25, -0.2) is 4.79 Å². The van der Waals surface area contributed by atoms with E-state index in [1.807, 2.05) is 19.1 Å². The number of ether oxygens (including phenoxy) is 1. The molecule has 1 heterocycles. The van der Waals surface area contributed by atoms with Crippen molar-refractivity contribution in [2.75, 3.05) is 0 Å². The highest BCUT2D eigenvalue weighted by atomic mass is 16.5. The molecular formula is C11H11NO2. The fraction of sp³-hybridized carbons (Fsp3) is 0.364. The van der Waals surface area contributed by atoms with E-state index in [1.54, 1.807) is 6.07 Å². The lowest BCUT2D eigenvalue weighted by atomic mass is 10.0. The van der Waals surface area contributed by atoms with E-state index in [0.29, 0.717) is 5.69 Å². The van der Waals surface area contributed by atoms with Crippen molar-refractivity contribution in [3.63, 3.8) is 0 Å². The number of rotatable bonds is 1. The zero-order valence-corrected chi connectivity index (χ0v) is 7.99. The van der Waals surface area contributed by atoms with Crippen LogP contribution in [0.5, 0.6) is 5.75 Å². The molecule has 0 aromatic heterocycles. The van der Waals surface area contributed by atoms with Crippen molar-refractivity contribution < 1.29 is 9.53 Å². The minimum atomic E-state index is 0.248. The first kappa shape index (κ1) is 8.97. The maximum Gasteiger partial charge on any atom is 0.240 e. The molecule has 1 aromatic carbocycles. The van der Waals surface area contributed by atoms with Gasteiger partial charge in [-0.1, -0.05) is 6.07 Å². The van der Waals surface area contributed by atoms with E-state index < -0.39 is 0 Å². The van der Waals surface area contributed by atoms with Gasteiger partial charge in [0.05, 0.1) is 11.8 Å². The summed E-state index contributed by atoms with van der Waals surface area (Å²) in [5.41, 5.74) is 1.79. The minimum Gasteiger partial charge on any atom is -0.490 e. The van der Waals surface area contributed by atoms with Crippen LogP contribution < -0.4 is 4.74 Å². The van der Waals surface area contributed by atoms with Crippen molar-refractivity contribution in [3.8, 4) is 5.75 Å². The van der Waals surface area contributed by atoms with Gasteiger partial charge in [-0.2, -0.15) is 4.99 Å². The molecule has 1 aromatic rings. The van der Waals surface area contributed by atoms with Gasteiger partial charge in [0.15, 0.2) is 0 Å². The highest BCUT2D eigenvalue weighted by Gasteiger charge is 2.15. The molecule has 0 amide bonds. The molecule has 0 saturated heterocycles. The topological polar surface area (TPSA) is 38.7 Å². The summed E-state index contributed by atoms with van der Waals surface area (Å²) in [5.74, 6) is 0.847. The summed E-state index contributed by atoms with van der Waals surface area (Å²) in [7, 11) is 0. The summed E-state index contributed by atoms with van der Waals surface area (Å²) in [6.07, 6.45) is 3.84. The summed E-state index contributed by atoms with van der Waals surface area (Å²) in [4.78, 5) is 13.6. The van der Waals surface area contributed by atoms with Crippen LogP contribution in [0.25, 0.3) is 0 Å². The lowest BCUT2D eigenvalue weighted by Crippen LogP contribution is -2.18. The second-order valence-corrected chi connectivity index (χ2v) is 3.46. The Hall–Kier alpha value is -1.60. The van der Waals surface area contributed by atoms with E-state index in [2.05, 4.69) is 4.99 Å². The Morgan fingerprint density at radius 1 is 1.57 bits per heavy atom. The summed E-state index contributed by atoms with van der Waals surface area (Å²) >= 11 is 0. The average molecular weight is 189 g/mol. The smallest absolute Gasteiger partial charge is 0.240 e. The number of aryl methyl sites for hydroxylation is 1. The Morgan fingerprint density at radius 3 is 3.21 bits per heavy atom. The third kappa shape index (κ3) is 1.68. The predicted molar refractivity (Wildman–Crippen MR) is 52.6 cm³/mol. The van der Waals surface area contributed by atoms with Gasteiger partial charge in [0.2, 0.25) is 6.08 Å². The second-order valence-electron chi connectivity index (χ2n) is 3.46. The average Bonchev–Trinajstić information content (AvgIpc) is 2.17. The molecule has 14 heavy (non-hydrogen) atoms. The van der Waals surface area contributed by atoms with Crippen molar-refractivity contribution in [3.05, 3.63) is 23.8 Å². The first-order valence-electron chi connectivity index (χ1n) is 4.67. The zero-order chi connectivity index (χ0) is 9.97. The highest BCUT2D eigenvalue weighted by Crippen LogP contribution is 2.30. The summed E-state index contributed by atoms with van der Waals surface area (Å²) in [6.45, 7) is 2.04. The van der Waals surface area contributed by atoms with Gasteiger partial charge in [0.25, 0.3) is 0 Å². The maximum absolute atomic E-state index is 10.1. The van der Waals surface area contributed by atoms with Crippen LogP contribution in [0.1, 0.15) is 18.9 Å². The number of hydrogen-bond donors (Lipinski definition) is 0. The van der Waals surface area contributed by atoms with Crippen molar-refractivity contribution in [1.82, 2.24) is 0 Å².